The van der Waals surface area contributed by atoms with Gasteiger partial charge in [-0.05, 0) is 25.1 Å². The molecule has 0 aliphatic rings. The molecule has 0 aliphatic carbocycles. The molecule has 0 radical (unpaired) electrons. The first-order valence-electron chi connectivity index (χ1n) is 5.52. The Kier molecular flexibility index (Phi) is 3.72. The van der Waals surface area contributed by atoms with Crippen LogP contribution in [0.4, 0.5) is 5.69 Å². The van der Waals surface area contributed by atoms with E-state index < -0.39 is 0 Å². The quantitative estimate of drug-likeness (QED) is 0.627. The van der Waals surface area contributed by atoms with E-state index in [1.54, 1.807) is 12.1 Å². The molecule has 0 spiro atoms. The number of nitrogens with two attached hydrogens (primary N) is 1. The Bertz CT molecular complexity index is 502. The molecule has 0 saturated carbocycles. The first-order valence-corrected chi connectivity index (χ1v) is 5.52. The number of anilines is 1. The zero-order chi connectivity index (χ0) is 12.1. The number of hydrogen-bond donors (Lipinski definition) is 1. The van der Waals surface area contributed by atoms with Gasteiger partial charge in [0.1, 0.15) is 12.9 Å². The highest BCUT2D eigenvalue weighted by atomic mass is 16.5. The molecule has 90 valence electrons. The monoisotopic (exact) mass is 233 g/mol. The molecule has 0 fully saturated rings. The number of fused-ring (bicyclic) bond motifs is 1. The number of aromatic nitrogens is 2. The number of nitrogens with zero attached hydrogens (tertiary/aromatic N) is 2. The van der Waals surface area contributed by atoms with E-state index in [9.17, 15) is 0 Å². The van der Waals surface area contributed by atoms with Crippen molar-refractivity contribution in [1.82, 2.24) is 9.97 Å². The minimum absolute atomic E-state index is 0.477. The SMILES string of the molecule is CCOCCOc1ncnc2cc(N)ccc12. The lowest BCUT2D eigenvalue weighted by atomic mass is 10.2. The van der Waals surface area contributed by atoms with E-state index in [0.29, 0.717) is 31.4 Å². The Morgan fingerprint density at radius 2 is 2.12 bits per heavy atom. The van der Waals surface area contributed by atoms with Crippen molar-refractivity contribution in [2.45, 2.75) is 6.92 Å². The second-order valence-electron chi connectivity index (χ2n) is 3.50. The number of rotatable bonds is 5. The molecule has 2 aromatic rings. The van der Waals surface area contributed by atoms with Crippen molar-refractivity contribution in [3.05, 3.63) is 24.5 Å². The van der Waals surface area contributed by atoms with Gasteiger partial charge in [0.05, 0.1) is 17.5 Å². The summed E-state index contributed by atoms with van der Waals surface area (Å²) in [4.78, 5) is 8.25. The van der Waals surface area contributed by atoms with Crippen LogP contribution in [-0.4, -0.2) is 29.8 Å². The van der Waals surface area contributed by atoms with Crippen LogP contribution in [0.15, 0.2) is 24.5 Å². The summed E-state index contributed by atoms with van der Waals surface area (Å²) in [5, 5.41) is 0.859. The van der Waals surface area contributed by atoms with Crippen molar-refractivity contribution >= 4 is 16.6 Å². The predicted molar refractivity (Wildman–Crippen MR) is 65.9 cm³/mol. The standard InChI is InChI=1S/C12H15N3O2/c1-2-16-5-6-17-12-10-4-3-9(13)7-11(10)14-8-15-12/h3-4,7-8H,2,5-6,13H2,1H3. The van der Waals surface area contributed by atoms with Crippen LogP contribution >= 0.6 is 0 Å². The maximum absolute atomic E-state index is 5.69. The van der Waals surface area contributed by atoms with E-state index in [1.165, 1.54) is 6.33 Å². The van der Waals surface area contributed by atoms with Crippen molar-refractivity contribution in [2.75, 3.05) is 25.6 Å². The molecule has 0 aliphatic heterocycles. The third kappa shape index (κ3) is 2.82. The Labute approximate surface area is 99.6 Å². The Balaban J connectivity index is 2.16. The van der Waals surface area contributed by atoms with Crippen LogP contribution in [0, 0.1) is 0 Å². The van der Waals surface area contributed by atoms with Crippen LogP contribution in [-0.2, 0) is 4.74 Å². The molecule has 0 unspecified atom stereocenters. The second-order valence-corrected chi connectivity index (χ2v) is 3.50. The van der Waals surface area contributed by atoms with E-state index in [4.69, 9.17) is 15.2 Å². The molecule has 5 heteroatoms. The molecule has 2 N–H and O–H groups in total. The highest BCUT2D eigenvalue weighted by molar-refractivity contribution is 5.85. The van der Waals surface area contributed by atoms with Gasteiger partial charge in [0, 0.05) is 12.3 Å². The van der Waals surface area contributed by atoms with Gasteiger partial charge in [-0.15, -0.1) is 0 Å². The zero-order valence-corrected chi connectivity index (χ0v) is 9.72. The molecule has 0 amide bonds. The normalized spacial score (nSPS) is 10.6. The summed E-state index contributed by atoms with van der Waals surface area (Å²) < 4.78 is 10.7. The smallest absolute Gasteiger partial charge is 0.224 e. The van der Waals surface area contributed by atoms with Gasteiger partial charge in [-0.25, -0.2) is 9.97 Å². The van der Waals surface area contributed by atoms with E-state index in [0.717, 1.165) is 10.9 Å². The van der Waals surface area contributed by atoms with Crippen molar-refractivity contribution in [1.29, 1.82) is 0 Å². The highest BCUT2D eigenvalue weighted by Crippen LogP contribution is 2.22. The average Bonchev–Trinajstić information content (AvgIpc) is 2.34. The van der Waals surface area contributed by atoms with Gasteiger partial charge in [0.25, 0.3) is 0 Å². The summed E-state index contributed by atoms with van der Waals surface area (Å²) in [6, 6.07) is 5.47. The van der Waals surface area contributed by atoms with E-state index in [-0.39, 0.29) is 0 Å². The molecule has 0 saturated heterocycles. The number of ether oxygens (including phenoxy) is 2. The van der Waals surface area contributed by atoms with Gasteiger partial charge in [-0.1, -0.05) is 0 Å². The lowest BCUT2D eigenvalue weighted by Gasteiger charge is -2.07. The van der Waals surface area contributed by atoms with E-state index in [1.807, 2.05) is 13.0 Å². The summed E-state index contributed by atoms with van der Waals surface area (Å²) in [6.45, 7) is 3.66. The van der Waals surface area contributed by atoms with Gasteiger partial charge >= 0.3 is 0 Å². The maximum Gasteiger partial charge on any atom is 0.224 e. The largest absolute Gasteiger partial charge is 0.475 e. The van der Waals surface area contributed by atoms with Gasteiger partial charge in [0.2, 0.25) is 5.88 Å². The number of benzene rings is 1. The van der Waals surface area contributed by atoms with Crippen LogP contribution < -0.4 is 10.5 Å². The number of hydrogen-bond acceptors (Lipinski definition) is 5. The first-order chi connectivity index (χ1) is 8.31. The second kappa shape index (κ2) is 5.45. The van der Waals surface area contributed by atoms with Crippen LogP contribution in [0.3, 0.4) is 0 Å². The van der Waals surface area contributed by atoms with Gasteiger partial charge in [-0.2, -0.15) is 0 Å². The molecule has 1 heterocycles. The lowest BCUT2D eigenvalue weighted by Crippen LogP contribution is -2.07. The minimum Gasteiger partial charge on any atom is -0.475 e. The lowest BCUT2D eigenvalue weighted by molar-refractivity contribution is 0.109. The fourth-order valence-corrected chi connectivity index (χ4v) is 1.51. The van der Waals surface area contributed by atoms with Gasteiger partial charge < -0.3 is 15.2 Å². The van der Waals surface area contributed by atoms with Crippen molar-refractivity contribution in [3.8, 4) is 5.88 Å². The average molecular weight is 233 g/mol. The Hall–Kier alpha value is -1.88. The summed E-state index contributed by atoms with van der Waals surface area (Å²) in [5.74, 6) is 0.565. The maximum atomic E-state index is 5.69. The summed E-state index contributed by atoms with van der Waals surface area (Å²) in [7, 11) is 0. The van der Waals surface area contributed by atoms with E-state index in [2.05, 4.69) is 9.97 Å². The molecule has 2 rings (SSSR count). The van der Waals surface area contributed by atoms with Gasteiger partial charge in [0.15, 0.2) is 0 Å². The fourth-order valence-electron chi connectivity index (χ4n) is 1.51. The van der Waals surface area contributed by atoms with Crippen molar-refractivity contribution in [2.24, 2.45) is 0 Å². The molecule has 5 nitrogen and oxygen atoms in total. The van der Waals surface area contributed by atoms with Crippen LogP contribution in [0.25, 0.3) is 10.9 Å². The first kappa shape index (κ1) is 11.6. The highest BCUT2D eigenvalue weighted by Gasteiger charge is 2.04. The topological polar surface area (TPSA) is 70.3 Å². The van der Waals surface area contributed by atoms with Crippen LogP contribution in [0.2, 0.25) is 0 Å². The molecule has 0 bridgehead atoms. The molecule has 0 atom stereocenters. The van der Waals surface area contributed by atoms with Crippen LogP contribution in [0.5, 0.6) is 5.88 Å². The Morgan fingerprint density at radius 1 is 1.24 bits per heavy atom. The molecule has 1 aromatic heterocycles. The fraction of sp³-hybridized carbons (Fsp3) is 0.333. The Morgan fingerprint density at radius 3 is 2.94 bits per heavy atom. The zero-order valence-electron chi connectivity index (χ0n) is 9.72. The van der Waals surface area contributed by atoms with Crippen LogP contribution in [0.1, 0.15) is 6.92 Å². The summed E-state index contributed by atoms with van der Waals surface area (Å²) in [6.07, 6.45) is 1.47. The molecule has 1 aromatic carbocycles. The molecule has 17 heavy (non-hydrogen) atoms. The predicted octanol–water partition coefficient (Wildman–Crippen LogP) is 1.63. The summed E-state index contributed by atoms with van der Waals surface area (Å²) >= 11 is 0. The number of nitrogen functional groups attached to an aromatic ring is 1. The van der Waals surface area contributed by atoms with Crippen molar-refractivity contribution < 1.29 is 9.47 Å². The minimum atomic E-state index is 0.477. The third-order valence-corrected chi connectivity index (χ3v) is 2.29. The van der Waals surface area contributed by atoms with E-state index >= 15 is 0 Å². The molecular formula is C12H15N3O2. The van der Waals surface area contributed by atoms with Crippen molar-refractivity contribution in [3.63, 3.8) is 0 Å². The third-order valence-electron chi connectivity index (χ3n) is 2.29. The van der Waals surface area contributed by atoms with Gasteiger partial charge in [-0.3, -0.25) is 0 Å². The molecular weight excluding hydrogens is 218 g/mol. The summed E-state index contributed by atoms with van der Waals surface area (Å²) in [5.41, 5.74) is 7.15.